The predicted octanol–water partition coefficient (Wildman–Crippen LogP) is 4.18. The Morgan fingerprint density at radius 2 is 2.00 bits per heavy atom. The van der Waals surface area contributed by atoms with Crippen LogP contribution in [0.1, 0.15) is 25.3 Å². The zero-order chi connectivity index (χ0) is 20.9. The first kappa shape index (κ1) is 20.2. The molecule has 1 aliphatic rings. The minimum Gasteiger partial charge on any atom is -0.497 e. The maximum atomic E-state index is 13.2. The molecule has 30 heavy (non-hydrogen) atoms. The SMILES string of the molecule is CCn1cc(CN2CCC[C@H]2C(=O)Nc2ccccc2-c2ccc(OC)cc2)cn1. The number of anilines is 1. The molecule has 1 fully saturated rings. The van der Waals surface area contributed by atoms with Gasteiger partial charge >= 0.3 is 0 Å². The number of hydrogen-bond donors (Lipinski definition) is 1. The van der Waals surface area contributed by atoms with E-state index in [1.807, 2.05) is 59.4 Å². The number of aromatic nitrogens is 2. The van der Waals surface area contributed by atoms with E-state index in [9.17, 15) is 4.79 Å². The number of likely N-dealkylation sites (tertiary alicyclic amines) is 1. The van der Waals surface area contributed by atoms with E-state index in [1.165, 1.54) is 0 Å². The predicted molar refractivity (Wildman–Crippen MR) is 118 cm³/mol. The molecule has 3 aromatic rings. The fourth-order valence-corrected chi connectivity index (χ4v) is 4.04. The summed E-state index contributed by atoms with van der Waals surface area (Å²) in [6, 6.07) is 15.7. The van der Waals surface area contributed by atoms with Crippen LogP contribution in [0, 0.1) is 0 Å². The van der Waals surface area contributed by atoms with Gasteiger partial charge in [0, 0.05) is 36.1 Å². The number of nitrogens with zero attached hydrogens (tertiary/aromatic N) is 3. The Hall–Kier alpha value is -3.12. The van der Waals surface area contributed by atoms with Gasteiger partial charge in [0.15, 0.2) is 0 Å². The lowest BCUT2D eigenvalue weighted by atomic mass is 10.0. The molecule has 1 N–H and O–H groups in total. The third-order valence-corrected chi connectivity index (χ3v) is 5.65. The van der Waals surface area contributed by atoms with Crippen molar-refractivity contribution in [3.8, 4) is 16.9 Å². The van der Waals surface area contributed by atoms with Crippen LogP contribution < -0.4 is 10.1 Å². The van der Waals surface area contributed by atoms with Crippen molar-refractivity contribution < 1.29 is 9.53 Å². The number of carbonyl (C=O) groups excluding carboxylic acids is 1. The minimum atomic E-state index is -0.126. The summed E-state index contributed by atoms with van der Waals surface area (Å²) in [6.07, 6.45) is 5.86. The average Bonchev–Trinajstić information content (AvgIpc) is 3.44. The van der Waals surface area contributed by atoms with Gasteiger partial charge in [-0.25, -0.2) is 0 Å². The van der Waals surface area contributed by atoms with Gasteiger partial charge in [0.2, 0.25) is 5.91 Å². The first-order valence-corrected chi connectivity index (χ1v) is 10.5. The molecule has 1 atom stereocenters. The highest BCUT2D eigenvalue weighted by molar-refractivity contribution is 5.98. The van der Waals surface area contributed by atoms with Gasteiger partial charge in [-0.05, 0) is 50.1 Å². The van der Waals surface area contributed by atoms with Crippen molar-refractivity contribution in [1.82, 2.24) is 14.7 Å². The van der Waals surface area contributed by atoms with Crippen LogP contribution in [0.4, 0.5) is 5.69 Å². The summed E-state index contributed by atoms with van der Waals surface area (Å²) < 4.78 is 7.18. The lowest BCUT2D eigenvalue weighted by Gasteiger charge is -2.23. The molecule has 0 unspecified atom stereocenters. The molecule has 1 aliphatic heterocycles. The van der Waals surface area contributed by atoms with Crippen molar-refractivity contribution in [2.24, 2.45) is 0 Å². The number of aryl methyl sites for hydroxylation is 1. The van der Waals surface area contributed by atoms with E-state index in [-0.39, 0.29) is 11.9 Å². The van der Waals surface area contributed by atoms with Crippen LogP contribution >= 0.6 is 0 Å². The summed E-state index contributed by atoms with van der Waals surface area (Å²) in [7, 11) is 1.66. The summed E-state index contributed by atoms with van der Waals surface area (Å²) in [5.41, 5.74) is 4.03. The van der Waals surface area contributed by atoms with E-state index in [0.29, 0.717) is 0 Å². The summed E-state index contributed by atoms with van der Waals surface area (Å²) in [5.74, 6) is 0.865. The van der Waals surface area contributed by atoms with E-state index in [4.69, 9.17) is 4.74 Å². The van der Waals surface area contributed by atoms with Crippen LogP contribution in [0.2, 0.25) is 0 Å². The third-order valence-electron chi connectivity index (χ3n) is 5.65. The number of nitrogens with one attached hydrogen (secondary N) is 1. The van der Waals surface area contributed by atoms with Crippen LogP contribution in [0.25, 0.3) is 11.1 Å². The summed E-state index contributed by atoms with van der Waals surface area (Å²) in [4.78, 5) is 15.4. The molecule has 0 spiro atoms. The first-order valence-electron chi connectivity index (χ1n) is 10.5. The molecular weight excluding hydrogens is 376 g/mol. The van der Waals surface area contributed by atoms with Crippen molar-refractivity contribution >= 4 is 11.6 Å². The number of carbonyl (C=O) groups is 1. The Bertz CT molecular complexity index is 996. The van der Waals surface area contributed by atoms with Gasteiger partial charge in [-0.2, -0.15) is 5.10 Å². The largest absolute Gasteiger partial charge is 0.497 e. The zero-order valence-corrected chi connectivity index (χ0v) is 17.5. The fraction of sp³-hybridized carbons (Fsp3) is 0.333. The molecule has 1 aromatic heterocycles. The van der Waals surface area contributed by atoms with Crippen LogP contribution in [-0.4, -0.2) is 40.3 Å². The Morgan fingerprint density at radius 1 is 1.20 bits per heavy atom. The van der Waals surface area contributed by atoms with E-state index in [1.54, 1.807) is 7.11 Å². The first-order chi connectivity index (χ1) is 14.7. The number of ether oxygens (including phenoxy) is 1. The molecule has 0 bridgehead atoms. The number of para-hydroxylation sites is 1. The molecule has 156 valence electrons. The highest BCUT2D eigenvalue weighted by atomic mass is 16.5. The Labute approximate surface area is 177 Å². The lowest BCUT2D eigenvalue weighted by Crippen LogP contribution is -2.39. The van der Waals surface area contributed by atoms with Crippen LogP contribution in [0.5, 0.6) is 5.75 Å². The van der Waals surface area contributed by atoms with Crippen LogP contribution in [0.15, 0.2) is 60.9 Å². The second-order valence-electron chi connectivity index (χ2n) is 7.60. The quantitative estimate of drug-likeness (QED) is 0.642. The molecular formula is C24H28N4O2. The Morgan fingerprint density at radius 3 is 2.73 bits per heavy atom. The van der Waals surface area contributed by atoms with E-state index in [0.717, 1.165) is 60.6 Å². The number of rotatable bonds is 7. The van der Waals surface area contributed by atoms with E-state index in [2.05, 4.69) is 28.4 Å². The third kappa shape index (κ3) is 4.39. The van der Waals surface area contributed by atoms with Crippen molar-refractivity contribution in [3.63, 3.8) is 0 Å². The maximum Gasteiger partial charge on any atom is 0.241 e. The van der Waals surface area contributed by atoms with E-state index >= 15 is 0 Å². The van der Waals surface area contributed by atoms with Crippen molar-refractivity contribution in [1.29, 1.82) is 0 Å². The summed E-state index contributed by atoms with van der Waals surface area (Å²) in [5, 5.41) is 7.53. The summed E-state index contributed by atoms with van der Waals surface area (Å²) >= 11 is 0. The number of amides is 1. The standard InChI is InChI=1S/C24H28N4O2/c1-3-28-17-18(15-25-28)16-27-14-6-9-23(27)24(29)26-22-8-5-4-7-21(22)19-10-12-20(30-2)13-11-19/h4-5,7-8,10-13,15,17,23H,3,6,9,14,16H2,1-2H3,(H,26,29)/t23-/m0/s1. The topological polar surface area (TPSA) is 59.4 Å². The van der Waals surface area contributed by atoms with Gasteiger partial charge in [0.25, 0.3) is 0 Å². The zero-order valence-electron chi connectivity index (χ0n) is 17.5. The highest BCUT2D eigenvalue weighted by Gasteiger charge is 2.31. The van der Waals surface area contributed by atoms with Crippen LogP contribution in [-0.2, 0) is 17.9 Å². The van der Waals surface area contributed by atoms with E-state index < -0.39 is 0 Å². The van der Waals surface area contributed by atoms with Crippen LogP contribution in [0.3, 0.4) is 0 Å². The molecule has 0 aliphatic carbocycles. The smallest absolute Gasteiger partial charge is 0.241 e. The number of hydrogen-bond acceptors (Lipinski definition) is 4. The minimum absolute atomic E-state index is 0.0522. The molecule has 1 saturated heterocycles. The summed E-state index contributed by atoms with van der Waals surface area (Å²) in [6.45, 7) is 4.60. The lowest BCUT2D eigenvalue weighted by molar-refractivity contribution is -0.120. The highest BCUT2D eigenvalue weighted by Crippen LogP contribution is 2.30. The van der Waals surface area contributed by atoms with Gasteiger partial charge in [-0.1, -0.05) is 30.3 Å². The maximum absolute atomic E-state index is 13.2. The van der Waals surface area contributed by atoms with Gasteiger partial charge in [0.1, 0.15) is 5.75 Å². The monoisotopic (exact) mass is 404 g/mol. The normalized spacial score (nSPS) is 16.5. The average molecular weight is 405 g/mol. The Balaban J connectivity index is 1.49. The second kappa shape index (κ2) is 9.13. The van der Waals surface area contributed by atoms with Crippen molar-refractivity contribution in [2.75, 3.05) is 19.0 Å². The molecule has 0 saturated carbocycles. The second-order valence-corrected chi connectivity index (χ2v) is 7.60. The fourth-order valence-electron chi connectivity index (χ4n) is 4.04. The molecule has 2 heterocycles. The Kier molecular flexibility index (Phi) is 6.14. The molecule has 4 rings (SSSR count). The van der Waals surface area contributed by atoms with Crippen molar-refractivity contribution in [2.45, 2.75) is 38.9 Å². The molecule has 1 amide bonds. The number of methoxy groups -OCH3 is 1. The molecule has 0 radical (unpaired) electrons. The van der Waals surface area contributed by atoms with Crippen molar-refractivity contribution in [3.05, 3.63) is 66.5 Å². The molecule has 2 aromatic carbocycles. The number of benzene rings is 2. The van der Waals surface area contributed by atoms with Gasteiger partial charge in [0.05, 0.1) is 19.3 Å². The van der Waals surface area contributed by atoms with Gasteiger partial charge in [-0.15, -0.1) is 0 Å². The van der Waals surface area contributed by atoms with Gasteiger partial charge < -0.3 is 10.1 Å². The van der Waals surface area contributed by atoms with Gasteiger partial charge in [-0.3, -0.25) is 14.4 Å². The molecule has 6 heteroatoms. The molecule has 6 nitrogen and oxygen atoms in total.